The van der Waals surface area contributed by atoms with E-state index in [4.69, 9.17) is 0 Å². The van der Waals surface area contributed by atoms with Crippen molar-refractivity contribution in [1.29, 1.82) is 0 Å². The summed E-state index contributed by atoms with van der Waals surface area (Å²) in [6.07, 6.45) is -8.78. The molecule has 0 N–H and O–H groups in total. The fourth-order valence-corrected chi connectivity index (χ4v) is 6.17. The first-order chi connectivity index (χ1) is 18.5. The Morgan fingerprint density at radius 1 is 0.875 bits per heavy atom. The van der Waals surface area contributed by atoms with E-state index in [0.717, 1.165) is 24.0 Å². The van der Waals surface area contributed by atoms with Gasteiger partial charge in [0.25, 0.3) is 0 Å². The van der Waals surface area contributed by atoms with E-state index in [0.29, 0.717) is 6.54 Å². The molecule has 0 spiro atoms. The number of rotatable bonds is 5. The summed E-state index contributed by atoms with van der Waals surface area (Å²) in [4.78, 5) is 18.2. The van der Waals surface area contributed by atoms with Gasteiger partial charge in [0.15, 0.2) is 0 Å². The molecular weight excluding hydrogens is 562 g/mol. The number of carbonyl (C=O) groups excluding carboxylic acids is 1. The summed E-state index contributed by atoms with van der Waals surface area (Å²) in [6.45, 7) is 1.05. The number of amides is 2. The van der Waals surface area contributed by atoms with Crippen molar-refractivity contribution in [2.45, 2.75) is 30.9 Å². The molecule has 0 aliphatic carbocycles. The van der Waals surface area contributed by atoms with E-state index in [2.05, 4.69) is 0 Å². The molecule has 40 heavy (non-hydrogen) atoms. The maximum Gasteiger partial charge on any atom is 0.416 e. The van der Waals surface area contributed by atoms with E-state index in [9.17, 15) is 39.6 Å². The Morgan fingerprint density at radius 2 is 1.43 bits per heavy atom. The van der Waals surface area contributed by atoms with Crippen molar-refractivity contribution in [3.63, 3.8) is 0 Å². The number of hydrogen-bond donors (Lipinski definition) is 0. The second-order valence-electron chi connectivity index (χ2n) is 10.3. The van der Waals surface area contributed by atoms with Crippen LogP contribution in [0.1, 0.15) is 28.2 Å². The van der Waals surface area contributed by atoms with Crippen molar-refractivity contribution in [2.24, 2.45) is 0 Å². The van der Waals surface area contributed by atoms with Crippen LogP contribution in [0.5, 0.6) is 0 Å². The van der Waals surface area contributed by atoms with Crippen LogP contribution in [-0.2, 0) is 28.9 Å². The predicted octanol–water partition coefficient (Wildman–Crippen LogP) is 4.32. The van der Waals surface area contributed by atoms with Crippen LogP contribution in [0.25, 0.3) is 0 Å². The number of urea groups is 1. The highest BCUT2D eigenvalue weighted by Crippen LogP contribution is 2.37. The lowest BCUT2D eigenvalue weighted by Crippen LogP contribution is -2.53. The summed E-state index contributed by atoms with van der Waals surface area (Å²) >= 11 is 0. The third kappa shape index (κ3) is 6.89. The van der Waals surface area contributed by atoms with Gasteiger partial charge in [0.2, 0.25) is 10.0 Å². The number of piperazine rings is 1. The van der Waals surface area contributed by atoms with E-state index < -0.39 is 39.5 Å². The summed E-state index contributed by atoms with van der Waals surface area (Å²) in [5.41, 5.74) is -2.00. The number of hydrogen-bond acceptors (Lipinski definition) is 4. The zero-order valence-corrected chi connectivity index (χ0v) is 22.7. The maximum absolute atomic E-state index is 13.4. The van der Waals surface area contributed by atoms with Crippen molar-refractivity contribution in [3.05, 3.63) is 70.8 Å². The van der Waals surface area contributed by atoms with Crippen LogP contribution in [0.2, 0.25) is 0 Å². The third-order valence-corrected chi connectivity index (χ3v) is 8.71. The van der Waals surface area contributed by atoms with E-state index in [1.165, 1.54) is 4.31 Å². The third-order valence-electron chi connectivity index (χ3n) is 7.41. The Labute approximate surface area is 229 Å². The average molecular weight is 593 g/mol. The Hall–Kier alpha value is -2.84. The fraction of sp³-hybridized carbons (Fsp3) is 0.500. The molecule has 4 rings (SSSR count). The molecule has 0 bridgehead atoms. The number of likely N-dealkylation sites (tertiary alicyclic amines) is 1. The number of alkyl halides is 6. The van der Waals surface area contributed by atoms with Gasteiger partial charge in [-0.2, -0.15) is 30.6 Å². The van der Waals surface area contributed by atoms with Crippen LogP contribution in [0, 0.1) is 0 Å². The van der Waals surface area contributed by atoms with E-state index in [1.54, 1.807) is 21.7 Å². The lowest BCUT2D eigenvalue weighted by molar-refractivity contribution is -0.143. The van der Waals surface area contributed by atoms with Crippen LogP contribution in [0.4, 0.5) is 31.1 Å². The number of likely N-dealkylation sites (N-methyl/N-ethyl adjacent to an activating group) is 1. The zero-order valence-electron chi connectivity index (χ0n) is 21.9. The highest BCUT2D eigenvalue weighted by molar-refractivity contribution is 7.88. The number of sulfonamides is 1. The monoisotopic (exact) mass is 592 g/mol. The minimum atomic E-state index is -4.95. The van der Waals surface area contributed by atoms with Crippen LogP contribution < -0.4 is 0 Å². The van der Waals surface area contributed by atoms with Gasteiger partial charge in [0.05, 0.1) is 17.4 Å². The summed E-state index contributed by atoms with van der Waals surface area (Å²) < 4.78 is 105. The average Bonchev–Trinajstić information content (AvgIpc) is 3.33. The van der Waals surface area contributed by atoms with Crippen molar-refractivity contribution in [3.8, 4) is 0 Å². The highest BCUT2D eigenvalue weighted by atomic mass is 32.2. The fourth-order valence-electron chi connectivity index (χ4n) is 5.34. The van der Waals surface area contributed by atoms with Gasteiger partial charge in [-0.25, -0.2) is 13.2 Å². The Balaban J connectivity index is 1.56. The van der Waals surface area contributed by atoms with Crippen molar-refractivity contribution in [1.82, 2.24) is 19.0 Å². The number of benzene rings is 2. The largest absolute Gasteiger partial charge is 0.416 e. The minimum absolute atomic E-state index is 0.107. The molecule has 0 radical (unpaired) electrons. The van der Waals surface area contributed by atoms with Gasteiger partial charge >= 0.3 is 18.4 Å². The molecule has 2 saturated heterocycles. The number of carbonyl (C=O) groups is 1. The molecule has 220 valence electrons. The van der Waals surface area contributed by atoms with Crippen LogP contribution in [-0.4, -0.2) is 92.1 Å². The van der Waals surface area contributed by atoms with E-state index in [1.807, 2.05) is 30.3 Å². The minimum Gasteiger partial charge on any atom is -0.322 e. The molecular formula is C26H30F6N4O3S. The second kappa shape index (κ2) is 11.2. The first-order valence-corrected chi connectivity index (χ1v) is 14.4. The molecule has 2 amide bonds. The van der Waals surface area contributed by atoms with Gasteiger partial charge < -0.3 is 9.80 Å². The lowest BCUT2D eigenvalue weighted by atomic mass is 9.93. The number of halogens is 6. The molecule has 14 heteroatoms. The molecule has 2 aromatic carbocycles. The molecule has 0 unspecified atom stereocenters. The Morgan fingerprint density at radius 3 is 1.93 bits per heavy atom. The molecule has 0 saturated carbocycles. The zero-order chi connectivity index (χ0) is 29.5. The quantitative estimate of drug-likeness (QED) is 0.486. The van der Waals surface area contributed by atoms with Gasteiger partial charge in [-0.15, -0.1) is 0 Å². The summed E-state index contributed by atoms with van der Waals surface area (Å²) in [5, 5.41) is 0. The highest BCUT2D eigenvalue weighted by Gasteiger charge is 2.41. The second-order valence-corrected chi connectivity index (χ2v) is 12.2. The van der Waals surface area contributed by atoms with Crippen molar-refractivity contribution in [2.75, 3.05) is 52.6 Å². The van der Waals surface area contributed by atoms with Crippen LogP contribution in [0.3, 0.4) is 0 Å². The molecule has 2 fully saturated rings. The topological polar surface area (TPSA) is 64.2 Å². The van der Waals surface area contributed by atoms with Gasteiger partial charge in [-0.1, -0.05) is 30.3 Å². The van der Waals surface area contributed by atoms with Gasteiger partial charge in [-0.05, 0) is 36.4 Å². The summed E-state index contributed by atoms with van der Waals surface area (Å²) in [5.74, 6) is -0.250. The molecule has 2 aliphatic rings. The predicted molar refractivity (Wildman–Crippen MR) is 136 cm³/mol. The Kier molecular flexibility index (Phi) is 8.44. The molecule has 2 aliphatic heterocycles. The first-order valence-electron chi connectivity index (χ1n) is 12.6. The smallest absolute Gasteiger partial charge is 0.322 e. The molecule has 0 aromatic heterocycles. The Bertz CT molecular complexity index is 1280. The van der Waals surface area contributed by atoms with Crippen LogP contribution >= 0.6 is 0 Å². The SMILES string of the molecule is CN(Cc1cc(C(F)(F)F)cc(C(F)(F)F)c1)[C@H]1CN(C(=O)N2CCN(S(C)(=O)=O)CC2)C[C@@H]1c1ccccc1. The van der Waals surface area contributed by atoms with Gasteiger partial charge in [0, 0.05) is 57.8 Å². The lowest BCUT2D eigenvalue weighted by Gasteiger charge is -2.35. The van der Waals surface area contributed by atoms with Crippen molar-refractivity contribution >= 4 is 16.1 Å². The molecule has 2 atom stereocenters. The molecule has 2 aromatic rings. The van der Waals surface area contributed by atoms with Gasteiger partial charge in [-0.3, -0.25) is 4.90 Å². The molecule has 7 nitrogen and oxygen atoms in total. The summed E-state index contributed by atoms with van der Waals surface area (Å²) in [6, 6.07) is 10.1. The number of nitrogens with zero attached hydrogens (tertiary/aromatic N) is 4. The first kappa shape index (κ1) is 30.1. The van der Waals surface area contributed by atoms with Crippen LogP contribution in [0.15, 0.2) is 48.5 Å². The van der Waals surface area contributed by atoms with Crippen molar-refractivity contribution < 1.29 is 39.6 Å². The van der Waals surface area contributed by atoms with Gasteiger partial charge in [0.1, 0.15) is 0 Å². The standard InChI is InChI=1S/C26H30F6N4O3S/c1-33(15-18-12-20(25(27,28)29)14-21(13-18)26(30,31)32)23-17-35(16-22(23)19-6-4-3-5-7-19)24(37)34-8-10-36(11-9-34)40(2,38)39/h3-7,12-14,22-23H,8-11,15-17H2,1-2H3/t22-,23+/m1/s1. The normalized spacial score (nSPS) is 21.3. The molecule has 2 heterocycles. The maximum atomic E-state index is 13.4. The summed E-state index contributed by atoms with van der Waals surface area (Å²) in [7, 11) is -1.76. The van der Waals surface area contributed by atoms with E-state index >= 15 is 0 Å². The van der Waals surface area contributed by atoms with E-state index in [-0.39, 0.29) is 62.8 Å².